The molecule has 1 aromatic rings. The molecule has 1 fully saturated rings. The number of likely N-dealkylation sites (N-methyl/N-ethyl adjacent to an activating group) is 1. The Kier molecular flexibility index (Phi) is 2.68. The highest BCUT2D eigenvalue weighted by Gasteiger charge is 2.59. The van der Waals surface area contributed by atoms with Gasteiger partial charge in [0.2, 0.25) is 6.79 Å². The van der Waals surface area contributed by atoms with Crippen molar-refractivity contribution >= 4 is 5.97 Å². The smallest absolute Gasteiger partial charge is 0.338 e. The van der Waals surface area contributed by atoms with Crippen molar-refractivity contribution in [2.75, 3.05) is 27.5 Å². The van der Waals surface area contributed by atoms with E-state index in [4.69, 9.17) is 18.9 Å². The zero-order valence-corrected chi connectivity index (χ0v) is 13.8. The number of ether oxygens (including phenoxy) is 4. The third-order valence-corrected chi connectivity index (χ3v) is 5.74. The fourth-order valence-corrected chi connectivity index (χ4v) is 4.82. The summed E-state index contributed by atoms with van der Waals surface area (Å²) < 4.78 is 22.6. The number of carbonyl (C=O) groups is 1. The molecule has 6 heteroatoms. The van der Waals surface area contributed by atoms with Crippen molar-refractivity contribution in [1.29, 1.82) is 0 Å². The Bertz CT molecular complexity index is 786. The second kappa shape index (κ2) is 4.59. The minimum atomic E-state index is -0.345. The summed E-state index contributed by atoms with van der Waals surface area (Å²) in [7, 11) is 3.76. The zero-order chi connectivity index (χ0) is 16.5. The van der Waals surface area contributed by atoms with Crippen LogP contribution in [0.3, 0.4) is 0 Å². The number of likely N-dealkylation sites (tertiary alicyclic amines) is 1. The molecule has 1 saturated heterocycles. The molecule has 2 unspecified atom stereocenters. The van der Waals surface area contributed by atoms with Gasteiger partial charge in [0.25, 0.3) is 0 Å². The minimum absolute atomic E-state index is 0.190. The molecule has 4 aliphatic rings. The lowest BCUT2D eigenvalue weighted by atomic mass is 9.66. The summed E-state index contributed by atoms with van der Waals surface area (Å²) in [6.07, 6.45) is 2.66. The van der Waals surface area contributed by atoms with Gasteiger partial charge in [0.05, 0.1) is 30.3 Å². The van der Waals surface area contributed by atoms with E-state index in [9.17, 15) is 4.79 Å². The number of hydrogen-bond donors (Lipinski definition) is 0. The van der Waals surface area contributed by atoms with Crippen LogP contribution in [-0.2, 0) is 14.9 Å². The van der Waals surface area contributed by atoms with Crippen molar-refractivity contribution in [3.8, 4) is 11.5 Å². The third-order valence-electron chi connectivity index (χ3n) is 5.74. The van der Waals surface area contributed by atoms with Crippen molar-refractivity contribution in [3.63, 3.8) is 0 Å². The molecule has 5 rings (SSSR count). The highest BCUT2D eigenvalue weighted by atomic mass is 16.7. The van der Waals surface area contributed by atoms with Crippen LogP contribution in [0.15, 0.2) is 23.6 Å². The maximum atomic E-state index is 12.6. The van der Waals surface area contributed by atoms with Crippen LogP contribution in [0.4, 0.5) is 0 Å². The number of rotatable bonds is 1. The van der Waals surface area contributed by atoms with E-state index in [2.05, 4.69) is 4.90 Å². The largest absolute Gasteiger partial charge is 0.499 e. The molecule has 24 heavy (non-hydrogen) atoms. The van der Waals surface area contributed by atoms with Gasteiger partial charge in [0.15, 0.2) is 11.5 Å². The predicted molar refractivity (Wildman–Crippen MR) is 84.0 cm³/mol. The Morgan fingerprint density at radius 2 is 2.08 bits per heavy atom. The molecule has 0 bridgehead atoms. The number of allylic oxidation sites excluding steroid dienone is 1. The summed E-state index contributed by atoms with van der Waals surface area (Å²) >= 11 is 0. The van der Waals surface area contributed by atoms with E-state index in [0.717, 1.165) is 36.3 Å². The molecule has 3 heterocycles. The first-order chi connectivity index (χ1) is 11.6. The van der Waals surface area contributed by atoms with Crippen molar-refractivity contribution in [3.05, 3.63) is 34.7 Å². The van der Waals surface area contributed by atoms with Gasteiger partial charge in [-0.15, -0.1) is 0 Å². The predicted octanol–water partition coefficient (Wildman–Crippen LogP) is 2.18. The Labute approximate surface area is 139 Å². The molecule has 6 nitrogen and oxygen atoms in total. The number of esters is 1. The lowest BCUT2D eigenvalue weighted by molar-refractivity contribution is 0.00918. The van der Waals surface area contributed by atoms with E-state index in [1.165, 1.54) is 0 Å². The van der Waals surface area contributed by atoms with Crippen LogP contribution in [0, 0.1) is 0 Å². The molecule has 0 radical (unpaired) electrons. The van der Waals surface area contributed by atoms with Gasteiger partial charge in [-0.1, -0.05) is 0 Å². The average molecular weight is 329 g/mol. The van der Waals surface area contributed by atoms with E-state index >= 15 is 0 Å². The van der Waals surface area contributed by atoms with Gasteiger partial charge in [-0.3, -0.25) is 0 Å². The van der Waals surface area contributed by atoms with Crippen molar-refractivity contribution < 1.29 is 23.7 Å². The lowest BCUT2D eigenvalue weighted by Gasteiger charge is -2.43. The van der Waals surface area contributed by atoms with E-state index in [0.29, 0.717) is 23.6 Å². The van der Waals surface area contributed by atoms with Crippen molar-refractivity contribution in [2.24, 2.45) is 0 Å². The molecular weight excluding hydrogens is 310 g/mol. The molecule has 1 aliphatic carbocycles. The van der Waals surface area contributed by atoms with Gasteiger partial charge in [0.1, 0.15) is 11.9 Å². The van der Waals surface area contributed by atoms with E-state index in [1.54, 1.807) is 13.2 Å². The van der Waals surface area contributed by atoms with Crippen LogP contribution >= 0.6 is 0 Å². The van der Waals surface area contributed by atoms with Gasteiger partial charge in [-0.25, -0.2) is 4.79 Å². The number of carbonyl (C=O) groups excluding carboxylic acids is 1. The zero-order valence-electron chi connectivity index (χ0n) is 13.8. The van der Waals surface area contributed by atoms with Gasteiger partial charge in [-0.2, -0.15) is 0 Å². The van der Waals surface area contributed by atoms with Crippen LogP contribution in [0.2, 0.25) is 0 Å². The number of nitrogens with zero attached hydrogens (tertiary/aromatic N) is 1. The summed E-state index contributed by atoms with van der Waals surface area (Å²) in [5, 5.41) is 0. The molecule has 2 atom stereocenters. The molecule has 0 saturated carbocycles. The molecule has 0 N–H and O–H groups in total. The SMILES string of the molecule is COC1=C2N(C)CC3OC(=O)c4cc5c(cc4C23CCC1)OCO5. The van der Waals surface area contributed by atoms with Crippen molar-refractivity contribution in [2.45, 2.75) is 30.8 Å². The van der Waals surface area contributed by atoms with E-state index in [-0.39, 0.29) is 24.3 Å². The summed E-state index contributed by atoms with van der Waals surface area (Å²) in [6, 6.07) is 3.74. The normalized spacial score (nSPS) is 29.8. The molecule has 1 spiro atoms. The maximum absolute atomic E-state index is 12.6. The Hall–Kier alpha value is -2.37. The summed E-state index contributed by atoms with van der Waals surface area (Å²) in [5.41, 5.74) is 2.37. The minimum Gasteiger partial charge on any atom is -0.499 e. The second-order valence-electron chi connectivity index (χ2n) is 6.83. The number of benzene rings is 1. The highest BCUT2D eigenvalue weighted by Crippen LogP contribution is 2.56. The van der Waals surface area contributed by atoms with Gasteiger partial charge in [-0.05, 0) is 30.5 Å². The lowest BCUT2D eigenvalue weighted by Crippen LogP contribution is -2.47. The van der Waals surface area contributed by atoms with E-state index < -0.39 is 0 Å². The van der Waals surface area contributed by atoms with Crippen LogP contribution in [-0.4, -0.2) is 44.5 Å². The topological polar surface area (TPSA) is 57.2 Å². The Balaban J connectivity index is 1.81. The molecule has 126 valence electrons. The highest BCUT2D eigenvalue weighted by molar-refractivity contribution is 5.95. The first kappa shape index (κ1) is 14.0. The maximum Gasteiger partial charge on any atom is 0.338 e. The monoisotopic (exact) mass is 329 g/mol. The summed E-state index contributed by atoms with van der Waals surface area (Å²) in [6.45, 7) is 0.872. The van der Waals surface area contributed by atoms with Crippen LogP contribution in [0.25, 0.3) is 0 Å². The Morgan fingerprint density at radius 3 is 2.88 bits per heavy atom. The number of methoxy groups -OCH3 is 1. The quantitative estimate of drug-likeness (QED) is 0.736. The van der Waals surface area contributed by atoms with Gasteiger partial charge >= 0.3 is 5.97 Å². The van der Waals surface area contributed by atoms with E-state index in [1.807, 2.05) is 13.1 Å². The molecule has 0 aromatic heterocycles. The Morgan fingerprint density at radius 1 is 1.29 bits per heavy atom. The summed E-state index contributed by atoms with van der Waals surface area (Å²) in [4.78, 5) is 14.7. The first-order valence-electron chi connectivity index (χ1n) is 8.29. The van der Waals surface area contributed by atoms with Crippen molar-refractivity contribution in [1.82, 2.24) is 4.90 Å². The number of hydrogen-bond acceptors (Lipinski definition) is 6. The molecular formula is C18H19NO5. The van der Waals surface area contributed by atoms with Crippen LogP contribution < -0.4 is 9.47 Å². The van der Waals surface area contributed by atoms with Gasteiger partial charge in [0, 0.05) is 13.5 Å². The standard InChI is InChI=1S/C18H19NO5/c1-19-8-15-18(5-3-4-12(21-2)16(18)19)11-7-14-13(22-9-23-14)6-10(11)17(20)24-15/h6-7,15H,3-5,8-9H2,1-2H3. The first-order valence-corrected chi connectivity index (χ1v) is 8.29. The fraction of sp³-hybridized carbons (Fsp3) is 0.500. The average Bonchev–Trinajstić information content (AvgIpc) is 3.16. The second-order valence-corrected chi connectivity index (χ2v) is 6.83. The van der Waals surface area contributed by atoms with Crippen LogP contribution in [0.5, 0.6) is 11.5 Å². The van der Waals surface area contributed by atoms with Crippen LogP contribution in [0.1, 0.15) is 35.2 Å². The third kappa shape index (κ3) is 1.53. The summed E-state index contributed by atoms with van der Waals surface area (Å²) in [5.74, 6) is 2.03. The van der Waals surface area contributed by atoms with Gasteiger partial charge < -0.3 is 23.8 Å². The molecule has 0 amide bonds. The number of fused-ring (bicyclic) bond motifs is 2. The fourth-order valence-electron chi connectivity index (χ4n) is 4.82. The molecule has 1 aromatic carbocycles. The molecule has 3 aliphatic heterocycles.